The summed E-state index contributed by atoms with van der Waals surface area (Å²) < 4.78 is 13.7. The Kier molecular flexibility index (Phi) is 6.84. The van der Waals surface area contributed by atoms with Gasteiger partial charge in [-0.05, 0) is 42.7 Å². The minimum atomic E-state index is -0.991. The van der Waals surface area contributed by atoms with E-state index >= 15 is 0 Å². The number of carbonyl (C=O) groups excluding carboxylic acids is 2. The van der Waals surface area contributed by atoms with E-state index in [2.05, 4.69) is 15.3 Å². The summed E-state index contributed by atoms with van der Waals surface area (Å²) in [5, 5.41) is 3.13. The van der Waals surface area contributed by atoms with Gasteiger partial charge in [-0.15, -0.1) is 0 Å². The van der Waals surface area contributed by atoms with E-state index < -0.39 is 17.8 Å². The van der Waals surface area contributed by atoms with Gasteiger partial charge in [0.05, 0.1) is 6.20 Å². The van der Waals surface area contributed by atoms with Crippen molar-refractivity contribution in [2.45, 2.75) is 44.2 Å². The predicted octanol–water partition coefficient (Wildman–Crippen LogP) is 4.45. The molecule has 32 heavy (non-hydrogen) atoms. The molecule has 6 nitrogen and oxygen atoms in total. The maximum Gasteiger partial charge on any atom is 0.279 e. The third kappa shape index (κ3) is 4.99. The number of benzene rings is 2. The molecule has 1 aliphatic rings. The molecule has 2 aromatic carbocycles. The molecular formula is C25H25FN4O2. The Labute approximate surface area is 186 Å². The fraction of sp³-hybridized carbons (Fsp3) is 0.280. The second-order valence-corrected chi connectivity index (χ2v) is 7.90. The van der Waals surface area contributed by atoms with E-state index in [-0.39, 0.29) is 17.6 Å². The molecule has 1 aromatic heterocycles. The zero-order valence-corrected chi connectivity index (χ0v) is 17.7. The molecule has 4 rings (SSSR count). The second kappa shape index (κ2) is 10.1. The van der Waals surface area contributed by atoms with Crippen LogP contribution in [0.3, 0.4) is 0 Å². The molecule has 1 aliphatic carbocycles. The van der Waals surface area contributed by atoms with E-state index in [1.54, 1.807) is 36.4 Å². The van der Waals surface area contributed by atoms with Crippen molar-refractivity contribution in [3.05, 3.63) is 90.3 Å². The first-order valence-corrected chi connectivity index (χ1v) is 10.8. The number of hydrogen-bond donors (Lipinski definition) is 1. The zero-order chi connectivity index (χ0) is 22.3. The van der Waals surface area contributed by atoms with E-state index in [0.717, 1.165) is 32.1 Å². The molecule has 0 bridgehead atoms. The normalized spacial score (nSPS) is 15.0. The third-order valence-electron chi connectivity index (χ3n) is 5.68. The summed E-state index contributed by atoms with van der Waals surface area (Å²) in [5.41, 5.74) is 1.17. The Morgan fingerprint density at radius 1 is 0.969 bits per heavy atom. The van der Waals surface area contributed by atoms with Crippen LogP contribution in [0.15, 0.2) is 73.2 Å². The molecule has 1 N–H and O–H groups in total. The molecule has 164 valence electrons. The van der Waals surface area contributed by atoms with Gasteiger partial charge in [-0.25, -0.2) is 9.37 Å². The number of nitrogens with one attached hydrogen (secondary N) is 1. The Bertz CT molecular complexity index is 1040. The van der Waals surface area contributed by atoms with Crippen molar-refractivity contribution >= 4 is 17.5 Å². The van der Waals surface area contributed by atoms with E-state index in [1.807, 2.05) is 6.07 Å². The highest BCUT2D eigenvalue weighted by Crippen LogP contribution is 2.30. The van der Waals surface area contributed by atoms with Gasteiger partial charge < -0.3 is 5.32 Å². The monoisotopic (exact) mass is 432 g/mol. The summed E-state index contributed by atoms with van der Waals surface area (Å²) in [6.45, 7) is 0. The van der Waals surface area contributed by atoms with E-state index in [1.165, 1.54) is 35.6 Å². The summed E-state index contributed by atoms with van der Waals surface area (Å²) in [6.07, 6.45) is 9.40. The van der Waals surface area contributed by atoms with E-state index in [4.69, 9.17) is 0 Å². The van der Waals surface area contributed by atoms with E-state index in [0.29, 0.717) is 11.3 Å². The maximum absolute atomic E-state index is 13.7. The molecule has 1 fully saturated rings. The number of para-hydroxylation sites is 1. The van der Waals surface area contributed by atoms with Gasteiger partial charge in [-0.3, -0.25) is 19.5 Å². The van der Waals surface area contributed by atoms with Crippen LogP contribution in [0.2, 0.25) is 0 Å². The van der Waals surface area contributed by atoms with Crippen molar-refractivity contribution in [2.75, 3.05) is 4.90 Å². The number of anilines is 1. The Balaban J connectivity index is 1.77. The lowest BCUT2D eigenvalue weighted by atomic mass is 9.94. The molecule has 1 saturated carbocycles. The molecule has 1 heterocycles. The van der Waals surface area contributed by atoms with Crippen molar-refractivity contribution in [3.63, 3.8) is 0 Å². The lowest BCUT2D eigenvalue weighted by Crippen LogP contribution is -2.47. The van der Waals surface area contributed by atoms with E-state index in [9.17, 15) is 14.0 Å². The molecule has 0 saturated heterocycles. The lowest BCUT2D eigenvalue weighted by Gasteiger charge is -2.33. The highest BCUT2D eigenvalue weighted by Gasteiger charge is 2.35. The molecule has 0 aliphatic heterocycles. The quantitative estimate of drug-likeness (QED) is 0.624. The smallest absolute Gasteiger partial charge is 0.279 e. The number of rotatable bonds is 6. The Hall–Kier alpha value is -3.61. The molecule has 7 heteroatoms. The SMILES string of the molecule is O=C(NC1CCCCC1)C(c1ccc(F)cc1)N(C(=O)c1cnccn1)c1ccccc1. The van der Waals surface area contributed by atoms with Crippen molar-refractivity contribution in [1.82, 2.24) is 15.3 Å². The topological polar surface area (TPSA) is 75.2 Å². The first-order chi connectivity index (χ1) is 15.6. The van der Waals surface area contributed by atoms with Crippen LogP contribution in [0.1, 0.15) is 54.2 Å². The highest BCUT2D eigenvalue weighted by molar-refractivity contribution is 6.09. The van der Waals surface area contributed by atoms with Gasteiger partial charge in [0, 0.05) is 24.1 Å². The molecule has 0 radical (unpaired) electrons. The van der Waals surface area contributed by atoms with Crippen LogP contribution in [-0.2, 0) is 4.79 Å². The molecule has 1 atom stereocenters. The minimum absolute atomic E-state index is 0.0587. The van der Waals surface area contributed by atoms with Crippen molar-refractivity contribution in [3.8, 4) is 0 Å². The lowest BCUT2D eigenvalue weighted by molar-refractivity contribution is -0.123. The van der Waals surface area contributed by atoms with Gasteiger partial charge >= 0.3 is 0 Å². The molecule has 0 spiro atoms. The largest absolute Gasteiger partial charge is 0.351 e. The number of aromatic nitrogens is 2. The van der Waals surface area contributed by atoms with Gasteiger partial charge in [-0.1, -0.05) is 49.6 Å². The van der Waals surface area contributed by atoms with Crippen LogP contribution in [-0.4, -0.2) is 27.8 Å². The van der Waals surface area contributed by atoms with Crippen LogP contribution < -0.4 is 10.2 Å². The van der Waals surface area contributed by atoms with Crippen LogP contribution in [0.25, 0.3) is 0 Å². The number of nitrogens with zero attached hydrogens (tertiary/aromatic N) is 3. The fourth-order valence-corrected chi connectivity index (χ4v) is 4.09. The van der Waals surface area contributed by atoms with Gasteiger partial charge in [0.1, 0.15) is 17.6 Å². The number of carbonyl (C=O) groups is 2. The fourth-order valence-electron chi connectivity index (χ4n) is 4.09. The summed E-state index contributed by atoms with van der Waals surface area (Å²) in [7, 11) is 0. The van der Waals surface area contributed by atoms with Gasteiger partial charge in [0.15, 0.2) is 0 Å². The third-order valence-corrected chi connectivity index (χ3v) is 5.68. The Morgan fingerprint density at radius 3 is 2.34 bits per heavy atom. The molecule has 3 aromatic rings. The minimum Gasteiger partial charge on any atom is -0.351 e. The summed E-state index contributed by atoms with van der Waals surface area (Å²) in [4.78, 5) is 36.8. The Morgan fingerprint density at radius 2 is 1.69 bits per heavy atom. The van der Waals surface area contributed by atoms with Crippen molar-refractivity contribution < 1.29 is 14.0 Å². The predicted molar refractivity (Wildman–Crippen MR) is 119 cm³/mol. The number of halogens is 1. The summed E-state index contributed by atoms with van der Waals surface area (Å²) in [5.74, 6) is -1.17. The molecule has 1 unspecified atom stereocenters. The maximum atomic E-state index is 13.7. The van der Waals surface area contributed by atoms with Gasteiger partial charge in [-0.2, -0.15) is 0 Å². The van der Waals surface area contributed by atoms with Crippen LogP contribution >= 0.6 is 0 Å². The second-order valence-electron chi connectivity index (χ2n) is 7.90. The molecular weight excluding hydrogens is 407 g/mol. The average Bonchev–Trinajstić information content (AvgIpc) is 2.84. The van der Waals surface area contributed by atoms with Crippen LogP contribution in [0, 0.1) is 5.82 Å². The first-order valence-electron chi connectivity index (χ1n) is 10.8. The highest BCUT2D eigenvalue weighted by atomic mass is 19.1. The first kappa shape index (κ1) is 21.6. The summed E-state index contributed by atoms with van der Waals surface area (Å²) in [6, 6.07) is 13.7. The van der Waals surface area contributed by atoms with Crippen LogP contribution in [0.4, 0.5) is 10.1 Å². The average molecular weight is 432 g/mol. The van der Waals surface area contributed by atoms with Gasteiger partial charge in [0.2, 0.25) is 5.91 Å². The van der Waals surface area contributed by atoms with Gasteiger partial charge in [0.25, 0.3) is 5.91 Å². The standard InChI is InChI=1S/C25H25FN4O2/c26-19-13-11-18(12-14-19)23(24(31)29-20-7-3-1-4-8-20)30(21-9-5-2-6-10-21)25(32)22-17-27-15-16-28-22/h2,5-6,9-17,20,23H,1,3-4,7-8H2,(H,29,31). The molecule has 2 amide bonds. The zero-order valence-electron chi connectivity index (χ0n) is 17.7. The van der Waals surface area contributed by atoms with Crippen LogP contribution in [0.5, 0.6) is 0 Å². The van der Waals surface area contributed by atoms with Crippen molar-refractivity contribution in [1.29, 1.82) is 0 Å². The summed E-state index contributed by atoms with van der Waals surface area (Å²) >= 11 is 0. The number of hydrogen-bond acceptors (Lipinski definition) is 4. The van der Waals surface area contributed by atoms with Crippen molar-refractivity contribution in [2.24, 2.45) is 0 Å². The number of amides is 2.